The number of nitrogens with zero attached hydrogens (tertiary/aromatic N) is 3. The maximum atomic E-state index is 10.6. The van der Waals surface area contributed by atoms with Crippen LogP contribution in [0.25, 0.3) is 22.0 Å². The predicted octanol–water partition coefficient (Wildman–Crippen LogP) is 3.99. The van der Waals surface area contributed by atoms with Crippen molar-refractivity contribution in [3.05, 3.63) is 42.2 Å². The molecule has 0 bridgehead atoms. The minimum Gasteiger partial charge on any atom is -0.507 e. The summed E-state index contributed by atoms with van der Waals surface area (Å²) in [6, 6.07) is 7.97. The molecule has 2 saturated carbocycles. The quantitative estimate of drug-likeness (QED) is 0.638. The van der Waals surface area contributed by atoms with Crippen LogP contribution in [0.5, 0.6) is 5.75 Å². The number of aromatic nitrogens is 3. The van der Waals surface area contributed by atoms with E-state index >= 15 is 0 Å². The van der Waals surface area contributed by atoms with E-state index < -0.39 is 0 Å². The number of rotatable bonds is 4. The monoisotopic (exact) mass is 376 g/mol. The number of fused-ring (bicyclic) bond motifs is 1. The molecule has 2 aromatic heterocycles. The number of aliphatic hydroxyl groups excluding tert-OH is 1. The molecule has 0 spiro atoms. The van der Waals surface area contributed by atoms with Gasteiger partial charge >= 0.3 is 0 Å². The smallest absolute Gasteiger partial charge is 0.158 e. The third-order valence-electron chi connectivity index (χ3n) is 5.89. The predicted molar refractivity (Wildman–Crippen MR) is 108 cm³/mol. The number of nitrogens with one attached hydrogen (secondary N) is 1. The van der Waals surface area contributed by atoms with Crippen LogP contribution in [-0.2, 0) is 0 Å². The number of phenolic OH excluding ortho intramolecular Hbond substituents is 1. The van der Waals surface area contributed by atoms with Crippen LogP contribution in [0.2, 0.25) is 0 Å². The molecule has 1 aromatic carbocycles. The Morgan fingerprint density at radius 1 is 1.00 bits per heavy atom. The normalized spacial score (nSPS) is 22.3. The van der Waals surface area contributed by atoms with Crippen LogP contribution in [0, 0.1) is 0 Å². The van der Waals surface area contributed by atoms with Crippen LogP contribution in [0.1, 0.15) is 50.0 Å². The van der Waals surface area contributed by atoms with Gasteiger partial charge in [-0.05, 0) is 68.2 Å². The molecule has 0 unspecified atom stereocenters. The highest BCUT2D eigenvalue weighted by Crippen LogP contribution is 2.43. The number of anilines is 1. The average Bonchev–Trinajstić information content (AvgIpc) is 3.54. The van der Waals surface area contributed by atoms with Crippen molar-refractivity contribution in [3.63, 3.8) is 0 Å². The van der Waals surface area contributed by atoms with E-state index in [0.717, 1.165) is 30.0 Å². The standard InChI is InChI=1S/C22H24N4O2/c27-16-3-1-2-15(11-16)24-22-19-12-23-9-8-17(19)21(25-26-22)18-7-6-14(10-20(18)28)13-4-5-13/h6-10,12-13,15-16,27-28H,1-5,11H2,(H,24,26)/t15-,16+/m1/s1. The number of phenols is 1. The van der Waals surface area contributed by atoms with Gasteiger partial charge in [-0.3, -0.25) is 4.98 Å². The van der Waals surface area contributed by atoms with E-state index in [1.807, 2.05) is 18.2 Å². The SMILES string of the molecule is Oc1cc(C2CC2)ccc1-c1nnc(N[C@@H]2CCC[C@H](O)C2)c2cnccc12. The Morgan fingerprint density at radius 2 is 1.89 bits per heavy atom. The number of hydrogen-bond donors (Lipinski definition) is 3. The van der Waals surface area contributed by atoms with Crippen LogP contribution in [0.15, 0.2) is 36.7 Å². The van der Waals surface area contributed by atoms with Gasteiger partial charge in [-0.1, -0.05) is 6.07 Å². The van der Waals surface area contributed by atoms with Crippen molar-refractivity contribution in [2.45, 2.75) is 56.6 Å². The first-order valence-electron chi connectivity index (χ1n) is 10.1. The molecule has 2 heterocycles. The maximum Gasteiger partial charge on any atom is 0.158 e. The highest BCUT2D eigenvalue weighted by Gasteiger charge is 2.25. The average molecular weight is 376 g/mol. The van der Waals surface area contributed by atoms with E-state index in [1.165, 1.54) is 18.4 Å². The fourth-order valence-corrected chi connectivity index (χ4v) is 4.21. The van der Waals surface area contributed by atoms with Gasteiger partial charge in [0.05, 0.1) is 6.10 Å². The lowest BCUT2D eigenvalue weighted by Gasteiger charge is -2.27. The van der Waals surface area contributed by atoms with E-state index in [4.69, 9.17) is 0 Å². The summed E-state index contributed by atoms with van der Waals surface area (Å²) in [5, 5.41) is 34.6. The van der Waals surface area contributed by atoms with Crippen LogP contribution < -0.4 is 5.32 Å². The summed E-state index contributed by atoms with van der Waals surface area (Å²) in [6.45, 7) is 0. The van der Waals surface area contributed by atoms with Crippen molar-refractivity contribution in [2.75, 3.05) is 5.32 Å². The Labute approximate surface area is 163 Å². The summed E-state index contributed by atoms with van der Waals surface area (Å²) in [5.41, 5.74) is 2.54. The highest BCUT2D eigenvalue weighted by atomic mass is 16.3. The molecular formula is C22H24N4O2. The molecule has 3 aromatic rings. The van der Waals surface area contributed by atoms with E-state index in [-0.39, 0.29) is 17.9 Å². The molecule has 2 aliphatic carbocycles. The minimum absolute atomic E-state index is 0.179. The second kappa shape index (κ2) is 7.02. The van der Waals surface area contributed by atoms with Crippen molar-refractivity contribution in [2.24, 2.45) is 0 Å². The summed E-state index contributed by atoms with van der Waals surface area (Å²) in [5.74, 6) is 1.51. The Bertz CT molecular complexity index is 1020. The van der Waals surface area contributed by atoms with Gasteiger partial charge in [0.25, 0.3) is 0 Å². The number of benzene rings is 1. The summed E-state index contributed by atoms with van der Waals surface area (Å²) in [4.78, 5) is 4.26. The van der Waals surface area contributed by atoms with Gasteiger partial charge in [-0.2, -0.15) is 0 Å². The third kappa shape index (κ3) is 3.29. The number of pyridine rings is 1. The highest BCUT2D eigenvalue weighted by molar-refractivity contribution is 6.00. The van der Waals surface area contributed by atoms with Gasteiger partial charge in [-0.15, -0.1) is 10.2 Å². The van der Waals surface area contributed by atoms with Crippen molar-refractivity contribution >= 4 is 16.6 Å². The molecule has 2 atom stereocenters. The third-order valence-corrected chi connectivity index (χ3v) is 5.89. The van der Waals surface area contributed by atoms with Gasteiger partial charge in [-0.25, -0.2) is 0 Å². The fourth-order valence-electron chi connectivity index (χ4n) is 4.21. The molecule has 6 heteroatoms. The first-order valence-corrected chi connectivity index (χ1v) is 10.1. The van der Waals surface area contributed by atoms with Gasteiger partial charge < -0.3 is 15.5 Å². The van der Waals surface area contributed by atoms with Crippen molar-refractivity contribution < 1.29 is 10.2 Å². The molecule has 2 aliphatic rings. The minimum atomic E-state index is -0.259. The first kappa shape index (κ1) is 17.4. The van der Waals surface area contributed by atoms with Gasteiger partial charge in [0.1, 0.15) is 11.4 Å². The van der Waals surface area contributed by atoms with Gasteiger partial charge in [0.2, 0.25) is 0 Å². The molecule has 3 N–H and O–H groups in total. The van der Waals surface area contributed by atoms with Gasteiger partial charge in [0, 0.05) is 34.8 Å². The molecule has 0 saturated heterocycles. The number of hydrogen-bond acceptors (Lipinski definition) is 6. The lowest BCUT2D eigenvalue weighted by Crippen LogP contribution is -2.30. The van der Waals surface area contributed by atoms with Crippen LogP contribution in [-0.4, -0.2) is 37.5 Å². The molecule has 28 heavy (non-hydrogen) atoms. The largest absolute Gasteiger partial charge is 0.507 e. The molecular weight excluding hydrogens is 352 g/mol. The van der Waals surface area contributed by atoms with Crippen LogP contribution >= 0.6 is 0 Å². The van der Waals surface area contributed by atoms with Crippen LogP contribution in [0.4, 0.5) is 5.82 Å². The Kier molecular flexibility index (Phi) is 4.36. The molecule has 0 amide bonds. The van der Waals surface area contributed by atoms with Crippen molar-refractivity contribution in [1.29, 1.82) is 0 Å². The molecule has 144 valence electrons. The second-order valence-corrected chi connectivity index (χ2v) is 8.03. The topological polar surface area (TPSA) is 91.2 Å². The zero-order valence-electron chi connectivity index (χ0n) is 15.7. The maximum absolute atomic E-state index is 10.6. The Morgan fingerprint density at radius 3 is 2.68 bits per heavy atom. The summed E-state index contributed by atoms with van der Waals surface area (Å²) < 4.78 is 0. The summed E-state index contributed by atoms with van der Waals surface area (Å²) in [7, 11) is 0. The molecule has 0 radical (unpaired) electrons. The first-order chi connectivity index (χ1) is 13.7. The summed E-state index contributed by atoms with van der Waals surface area (Å²) in [6.07, 6.45) is 9.24. The molecule has 2 fully saturated rings. The molecule has 0 aliphatic heterocycles. The number of aromatic hydroxyl groups is 1. The number of aliphatic hydroxyl groups is 1. The second-order valence-electron chi connectivity index (χ2n) is 8.03. The van der Waals surface area contributed by atoms with Crippen LogP contribution in [0.3, 0.4) is 0 Å². The molecule has 6 nitrogen and oxygen atoms in total. The fraction of sp³-hybridized carbons (Fsp3) is 0.409. The lowest BCUT2D eigenvalue weighted by atomic mass is 9.93. The van der Waals surface area contributed by atoms with E-state index in [2.05, 4.69) is 26.6 Å². The van der Waals surface area contributed by atoms with Crippen molar-refractivity contribution in [3.8, 4) is 17.0 Å². The van der Waals surface area contributed by atoms with E-state index in [0.29, 0.717) is 29.4 Å². The summed E-state index contributed by atoms with van der Waals surface area (Å²) >= 11 is 0. The van der Waals surface area contributed by atoms with Gasteiger partial charge in [0.15, 0.2) is 5.82 Å². The zero-order chi connectivity index (χ0) is 19.1. The lowest BCUT2D eigenvalue weighted by molar-refractivity contribution is 0.124. The zero-order valence-corrected chi connectivity index (χ0v) is 15.7. The Balaban J connectivity index is 1.53. The van der Waals surface area contributed by atoms with Crippen molar-refractivity contribution in [1.82, 2.24) is 15.2 Å². The van der Waals surface area contributed by atoms with E-state index in [9.17, 15) is 10.2 Å². The Hall–Kier alpha value is -2.73. The van der Waals surface area contributed by atoms with E-state index in [1.54, 1.807) is 12.4 Å². The molecule has 5 rings (SSSR count).